The normalized spacial score (nSPS) is 19.6. The number of rotatable bonds is 6. The fourth-order valence-electron chi connectivity index (χ4n) is 5.50. The molecule has 2 aliphatic rings. The van der Waals surface area contributed by atoms with Gasteiger partial charge in [0.1, 0.15) is 18.0 Å². The number of hydrazine groups is 1. The Kier molecular flexibility index (Phi) is 8.08. The van der Waals surface area contributed by atoms with Gasteiger partial charge in [-0.1, -0.05) is 60.7 Å². The first-order valence-electron chi connectivity index (χ1n) is 13.4. The Labute approximate surface area is 240 Å². The maximum Gasteiger partial charge on any atom is 0.416 e. The van der Waals surface area contributed by atoms with Gasteiger partial charge in [0, 0.05) is 26.6 Å². The number of halogens is 3. The Bertz CT molecular complexity index is 1450. The average Bonchev–Trinajstić information content (AvgIpc) is 2.95. The molecule has 9 nitrogen and oxygen atoms in total. The van der Waals surface area contributed by atoms with Gasteiger partial charge in [-0.15, -0.1) is 0 Å². The molecule has 3 aromatic rings. The zero-order valence-corrected chi connectivity index (χ0v) is 22.8. The maximum absolute atomic E-state index is 13.9. The Morgan fingerprint density at radius 3 is 2.31 bits per heavy atom. The van der Waals surface area contributed by atoms with Crippen LogP contribution in [0.25, 0.3) is 0 Å². The monoisotopic (exact) mass is 581 g/mol. The van der Waals surface area contributed by atoms with Gasteiger partial charge in [-0.2, -0.15) is 13.2 Å². The molecule has 4 amide bonds. The van der Waals surface area contributed by atoms with Crippen molar-refractivity contribution in [3.05, 3.63) is 101 Å². The Morgan fingerprint density at radius 1 is 0.952 bits per heavy atom. The van der Waals surface area contributed by atoms with Crippen LogP contribution in [0.3, 0.4) is 0 Å². The van der Waals surface area contributed by atoms with Crippen molar-refractivity contribution in [2.75, 3.05) is 20.1 Å². The van der Waals surface area contributed by atoms with E-state index in [1.54, 1.807) is 19.2 Å². The number of alkyl halides is 3. The largest absolute Gasteiger partial charge is 0.508 e. The van der Waals surface area contributed by atoms with Crippen LogP contribution < -0.4 is 5.32 Å². The molecule has 12 heteroatoms. The third kappa shape index (κ3) is 6.03. The first kappa shape index (κ1) is 28.9. The number of phenols is 1. The van der Waals surface area contributed by atoms with Gasteiger partial charge in [-0.3, -0.25) is 9.59 Å². The molecule has 2 atom stereocenters. The summed E-state index contributed by atoms with van der Waals surface area (Å²) in [4.78, 5) is 43.5. The molecule has 0 aliphatic carbocycles. The van der Waals surface area contributed by atoms with E-state index in [1.807, 2.05) is 30.3 Å². The molecule has 2 N–H and O–H groups in total. The first-order chi connectivity index (χ1) is 20.0. The molecule has 0 bridgehead atoms. The van der Waals surface area contributed by atoms with Crippen molar-refractivity contribution in [3.63, 3.8) is 0 Å². The third-order valence-electron chi connectivity index (χ3n) is 7.48. The highest BCUT2D eigenvalue weighted by Gasteiger charge is 2.51. The number of phenolic OH excluding ortho intramolecular Hbond substituents is 1. The van der Waals surface area contributed by atoms with Crippen LogP contribution in [-0.4, -0.2) is 75.1 Å². The van der Waals surface area contributed by atoms with Crippen LogP contribution in [0, 0.1) is 0 Å². The highest BCUT2D eigenvalue weighted by Crippen LogP contribution is 2.34. The van der Waals surface area contributed by atoms with Crippen molar-refractivity contribution in [2.45, 2.75) is 37.9 Å². The molecule has 2 heterocycles. The molecule has 2 aliphatic heterocycles. The molecule has 0 radical (unpaired) electrons. The van der Waals surface area contributed by atoms with Crippen LogP contribution in [0.15, 0.2) is 78.9 Å². The summed E-state index contributed by atoms with van der Waals surface area (Å²) in [6.07, 6.45) is -5.55. The molecule has 0 spiro atoms. The Hall–Kier alpha value is -4.58. The van der Waals surface area contributed by atoms with Gasteiger partial charge in [0.25, 0.3) is 0 Å². The minimum Gasteiger partial charge on any atom is -0.508 e. The van der Waals surface area contributed by atoms with Gasteiger partial charge in [0.15, 0.2) is 0 Å². The van der Waals surface area contributed by atoms with Crippen molar-refractivity contribution in [3.8, 4) is 5.75 Å². The topological polar surface area (TPSA) is 96.4 Å². The summed E-state index contributed by atoms with van der Waals surface area (Å²) in [7, 11) is 1.58. The molecule has 42 heavy (non-hydrogen) atoms. The van der Waals surface area contributed by atoms with Crippen molar-refractivity contribution < 1.29 is 32.7 Å². The second kappa shape index (κ2) is 11.7. The average molecular weight is 582 g/mol. The first-order valence-corrected chi connectivity index (χ1v) is 13.4. The molecule has 2 saturated heterocycles. The van der Waals surface area contributed by atoms with E-state index in [0.29, 0.717) is 5.56 Å². The third-order valence-corrected chi connectivity index (χ3v) is 7.48. The summed E-state index contributed by atoms with van der Waals surface area (Å²) in [6.45, 7) is -0.511. The minimum atomic E-state index is -4.63. The number of nitrogens with zero attached hydrogens (tertiary/aromatic N) is 4. The van der Waals surface area contributed by atoms with Crippen molar-refractivity contribution >= 4 is 17.8 Å². The summed E-state index contributed by atoms with van der Waals surface area (Å²) in [5.74, 6) is -0.894. The number of likely N-dealkylation sites (N-methyl/N-ethyl adjacent to an activating group) is 1. The molecule has 0 saturated carbocycles. The second-order valence-corrected chi connectivity index (χ2v) is 10.3. The summed E-state index contributed by atoms with van der Waals surface area (Å²) in [5, 5.41) is 15.4. The van der Waals surface area contributed by atoms with Gasteiger partial charge in [-0.25, -0.2) is 14.8 Å². The van der Waals surface area contributed by atoms with Crippen LogP contribution in [0.1, 0.15) is 22.3 Å². The minimum absolute atomic E-state index is 0.0221. The van der Waals surface area contributed by atoms with Gasteiger partial charge in [-0.05, 0) is 34.9 Å². The van der Waals surface area contributed by atoms with Crippen LogP contribution in [0.2, 0.25) is 0 Å². The molecule has 3 aromatic carbocycles. The summed E-state index contributed by atoms with van der Waals surface area (Å²) in [6, 6.07) is 18.8. The van der Waals surface area contributed by atoms with Crippen LogP contribution in [0.5, 0.6) is 5.75 Å². The summed E-state index contributed by atoms with van der Waals surface area (Å²) in [5.41, 5.74) is 0.539. The lowest BCUT2D eigenvalue weighted by molar-refractivity contribution is -0.187. The van der Waals surface area contributed by atoms with Gasteiger partial charge < -0.3 is 20.2 Å². The van der Waals surface area contributed by atoms with E-state index in [9.17, 15) is 32.7 Å². The van der Waals surface area contributed by atoms with E-state index in [4.69, 9.17) is 0 Å². The Balaban J connectivity index is 1.49. The quantitative estimate of drug-likeness (QED) is 0.464. The number of carbonyl (C=O) groups is 3. The van der Waals surface area contributed by atoms with E-state index in [2.05, 4.69) is 5.32 Å². The number of aromatic hydroxyl groups is 1. The lowest BCUT2D eigenvalue weighted by Gasteiger charge is -2.54. The Morgan fingerprint density at radius 2 is 1.62 bits per heavy atom. The van der Waals surface area contributed by atoms with Crippen LogP contribution >= 0.6 is 0 Å². The maximum atomic E-state index is 13.9. The second-order valence-electron chi connectivity index (χ2n) is 10.3. The number of nitrogens with one attached hydrogen (secondary N) is 1. The fraction of sp³-hybridized carbons (Fsp3) is 0.300. The SMILES string of the molecule is CN1CC(=O)N2[C@@H](Cc3ccc(O)cc3)C(=O)N(Cc3ccccc3C(F)(F)F)C[C@@H]2N1C(=O)NCc1ccccc1. The fourth-order valence-corrected chi connectivity index (χ4v) is 5.50. The molecule has 0 unspecified atom stereocenters. The van der Waals surface area contributed by atoms with Crippen molar-refractivity contribution in [2.24, 2.45) is 0 Å². The number of hydrogen-bond donors (Lipinski definition) is 2. The lowest BCUT2D eigenvalue weighted by atomic mass is 9.97. The molecular formula is C30H30F3N5O4. The van der Waals surface area contributed by atoms with Gasteiger partial charge >= 0.3 is 12.2 Å². The van der Waals surface area contributed by atoms with E-state index >= 15 is 0 Å². The number of amides is 4. The number of benzene rings is 3. The predicted octanol–water partition coefficient (Wildman–Crippen LogP) is 3.59. The van der Waals surface area contributed by atoms with E-state index < -0.39 is 35.9 Å². The van der Waals surface area contributed by atoms with E-state index in [0.717, 1.165) is 11.6 Å². The van der Waals surface area contributed by atoms with Gasteiger partial charge in [0.05, 0.1) is 18.7 Å². The zero-order valence-electron chi connectivity index (χ0n) is 22.8. The number of carbonyl (C=O) groups excluding carboxylic acids is 3. The molecule has 5 rings (SSSR count). The van der Waals surface area contributed by atoms with E-state index in [-0.39, 0.29) is 49.8 Å². The van der Waals surface area contributed by atoms with Crippen molar-refractivity contribution in [1.29, 1.82) is 0 Å². The number of urea groups is 1. The standard InChI is InChI=1S/C30H30F3N5O4/c1-35-19-27(40)37-25(15-20-11-13-23(39)14-12-20)28(41)36(17-22-9-5-6-10-24(22)30(31,32)33)18-26(37)38(35)29(42)34-16-21-7-3-2-4-8-21/h2-14,25-26,39H,15-19H2,1H3,(H,34,42)/t25-,26-/m0/s1. The summed E-state index contributed by atoms with van der Waals surface area (Å²) < 4.78 is 41.4. The predicted molar refractivity (Wildman–Crippen MR) is 146 cm³/mol. The smallest absolute Gasteiger partial charge is 0.416 e. The van der Waals surface area contributed by atoms with Crippen LogP contribution in [-0.2, 0) is 35.3 Å². The van der Waals surface area contributed by atoms with Gasteiger partial charge in [0.2, 0.25) is 11.8 Å². The van der Waals surface area contributed by atoms with E-state index in [1.165, 1.54) is 50.1 Å². The highest BCUT2D eigenvalue weighted by atomic mass is 19.4. The van der Waals surface area contributed by atoms with Crippen molar-refractivity contribution in [1.82, 2.24) is 25.1 Å². The molecule has 220 valence electrons. The van der Waals surface area contributed by atoms with Crippen LogP contribution in [0.4, 0.5) is 18.0 Å². The highest BCUT2D eigenvalue weighted by molar-refractivity contribution is 5.91. The number of piperazine rings is 1. The number of hydrogen-bond acceptors (Lipinski definition) is 5. The summed E-state index contributed by atoms with van der Waals surface area (Å²) >= 11 is 0. The molecule has 2 fully saturated rings. The number of fused-ring (bicyclic) bond motifs is 1. The lowest BCUT2D eigenvalue weighted by Crippen LogP contribution is -2.76. The zero-order chi connectivity index (χ0) is 30.0. The molecular weight excluding hydrogens is 551 g/mol. The molecule has 0 aromatic heterocycles.